The second kappa shape index (κ2) is 7.98. The first-order valence-electron chi connectivity index (χ1n) is 9.33. The third-order valence-electron chi connectivity index (χ3n) is 5.50. The third-order valence-corrected chi connectivity index (χ3v) is 7.21. The van der Waals surface area contributed by atoms with Crippen LogP contribution in [0, 0.1) is 6.92 Å². The summed E-state index contributed by atoms with van der Waals surface area (Å²) in [6, 6.07) is 6.89. The summed E-state index contributed by atoms with van der Waals surface area (Å²) in [5.74, 6) is 0.109. The minimum atomic E-state index is -2.95. The predicted octanol–water partition coefficient (Wildman–Crippen LogP) is 0.491. The van der Waals surface area contributed by atoms with Crippen molar-refractivity contribution < 1.29 is 18.0 Å². The molecule has 0 aliphatic carbocycles. The van der Waals surface area contributed by atoms with E-state index in [-0.39, 0.29) is 41.4 Å². The van der Waals surface area contributed by atoms with Gasteiger partial charge in [0.1, 0.15) is 9.84 Å². The van der Waals surface area contributed by atoms with Crippen molar-refractivity contribution in [2.45, 2.75) is 44.3 Å². The van der Waals surface area contributed by atoms with Crippen molar-refractivity contribution in [2.24, 2.45) is 0 Å². The maximum absolute atomic E-state index is 12.7. The van der Waals surface area contributed by atoms with Crippen LogP contribution in [0.4, 0.5) is 0 Å². The van der Waals surface area contributed by atoms with Crippen molar-refractivity contribution in [3.63, 3.8) is 0 Å². The normalized spacial score (nSPS) is 25.1. The molecule has 0 spiro atoms. The van der Waals surface area contributed by atoms with E-state index in [0.29, 0.717) is 31.4 Å². The molecule has 0 unspecified atom stereocenters. The maximum Gasteiger partial charge on any atom is 0.251 e. The Morgan fingerprint density at radius 3 is 2.41 bits per heavy atom. The highest BCUT2D eigenvalue weighted by Gasteiger charge is 2.35. The molecule has 2 aliphatic heterocycles. The average molecular weight is 394 g/mol. The SMILES string of the molecule is Cc1ccc(C(=O)N[C@H]2CN[C@H](C(=O)N(C)C3CCS(=O)(=O)CC3)C2)cc1. The Labute approximate surface area is 160 Å². The Morgan fingerprint density at radius 1 is 1.15 bits per heavy atom. The molecular formula is C19H27N3O4S. The van der Waals surface area contributed by atoms with Crippen molar-refractivity contribution in [1.29, 1.82) is 0 Å². The Kier molecular flexibility index (Phi) is 5.86. The molecule has 2 amide bonds. The number of likely N-dealkylation sites (N-methyl/N-ethyl adjacent to an activating group) is 1. The van der Waals surface area contributed by atoms with Gasteiger partial charge in [-0.3, -0.25) is 9.59 Å². The first-order chi connectivity index (χ1) is 12.7. The molecule has 8 heteroatoms. The van der Waals surface area contributed by atoms with Crippen LogP contribution in [-0.2, 0) is 14.6 Å². The summed E-state index contributed by atoms with van der Waals surface area (Å²) in [4.78, 5) is 26.8. The first kappa shape index (κ1) is 19.8. The lowest BCUT2D eigenvalue weighted by Crippen LogP contribution is -2.48. The fourth-order valence-electron chi connectivity index (χ4n) is 3.70. The summed E-state index contributed by atoms with van der Waals surface area (Å²) in [5.41, 5.74) is 1.70. The Bertz CT molecular complexity index is 793. The van der Waals surface area contributed by atoms with Gasteiger partial charge in [0, 0.05) is 31.2 Å². The number of carbonyl (C=O) groups is 2. The topological polar surface area (TPSA) is 95.6 Å². The van der Waals surface area contributed by atoms with Gasteiger partial charge in [-0.2, -0.15) is 0 Å². The van der Waals surface area contributed by atoms with E-state index in [1.54, 1.807) is 24.1 Å². The molecule has 2 aliphatic rings. The van der Waals surface area contributed by atoms with Gasteiger partial charge in [0.05, 0.1) is 17.5 Å². The monoisotopic (exact) mass is 393 g/mol. The van der Waals surface area contributed by atoms with Gasteiger partial charge in [-0.15, -0.1) is 0 Å². The lowest BCUT2D eigenvalue weighted by atomic mass is 10.1. The predicted molar refractivity (Wildman–Crippen MR) is 103 cm³/mol. The van der Waals surface area contributed by atoms with E-state index < -0.39 is 9.84 Å². The molecule has 0 bridgehead atoms. The minimum Gasteiger partial charge on any atom is -0.348 e. The zero-order valence-electron chi connectivity index (χ0n) is 15.8. The van der Waals surface area contributed by atoms with Crippen LogP contribution < -0.4 is 10.6 Å². The highest BCUT2D eigenvalue weighted by molar-refractivity contribution is 7.91. The molecule has 2 atom stereocenters. The van der Waals surface area contributed by atoms with Gasteiger partial charge in [0.15, 0.2) is 0 Å². The van der Waals surface area contributed by atoms with Gasteiger partial charge in [-0.1, -0.05) is 17.7 Å². The fourth-order valence-corrected chi connectivity index (χ4v) is 5.16. The van der Waals surface area contributed by atoms with Crippen LogP contribution in [0.2, 0.25) is 0 Å². The summed E-state index contributed by atoms with van der Waals surface area (Å²) in [6.45, 7) is 2.51. The molecule has 2 N–H and O–H groups in total. The molecule has 3 rings (SSSR count). The molecule has 27 heavy (non-hydrogen) atoms. The largest absolute Gasteiger partial charge is 0.348 e. The number of hydrogen-bond acceptors (Lipinski definition) is 5. The van der Waals surface area contributed by atoms with E-state index >= 15 is 0 Å². The van der Waals surface area contributed by atoms with Gasteiger partial charge in [0.2, 0.25) is 5.91 Å². The minimum absolute atomic E-state index is 0.0358. The van der Waals surface area contributed by atoms with E-state index in [4.69, 9.17) is 0 Å². The Hall–Kier alpha value is -1.93. The number of carbonyl (C=O) groups excluding carboxylic acids is 2. The van der Waals surface area contributed by atoms with E-state index in [9.17, 15) is 18.0 Å². The number of benzene rings is 1. The number of aryl methyl sites for hydroxylation is 1. The number of hydrogen-bond donors (Lipinski definition) is 2. The summed E-state index contributed by atoms with van der Waals surface area (Å²) >= 11 is 0. The van der Waals surface area contributed by atoms with E-state index in [1.807, 2.05) is 19.1 Å². The van der Waals surface area contributed by atoms with Gasteiger partial charge in [-0.05, 0) is 38.3 Å². The zero-order chi connectivity index (χ0) is 19.6. The molecule has 2 fully saturated rings. The molecule has 1 aromatic rings. The zero-order valence-corrected chi connectivity index (χ0v) is 16.6. The van der Waals surface area contributed by atoms with Crippen molar-refractivity contribution in [2.75, 3.05) is 25.1 Å². The van der Waals surface area contributed by atoms with Gasteiger partial charge in [0.25, 0.3) is 5.91 Å². The quantitative estimate of drug-likeness (QED) is 0.776. The molecule has 0 aromatic heterocycles. The van der Waals surface area contributed by atoms with E-state index in [2.05, 4.69) is 10.6 Å². The maximum atomic E-state index is 12.7. The van der Waals surface area contributed by atoms with Gasteiger partial charge < -0.3 is 15.5 Å². The number of sulfone groups is 1. The van der Waals surface area contributed by atoms with E-state index in [1.165, 1.54) is 0 Å². The fraction of sp³-hybridized carbons (Fsp3) is 0.579. The van der Waals surface area contributed by atoms with E-state index in [0.717, 1.165) is 5.56 Å². The summed E-state index contributed by atoms with van der Waals surface area (Å²) < 4.78 is 23.1. The Balaban J connectivity index is 1.52. The molecule has 2 saturated heterocycles. The van der Waals surface area contributed by atoms with Crippen LogP contribution in [0.1, 0.15) is 35.2 Å². The number of nitrogens with zero attached hydrogens (tertiary/aromatic N) is 1. The van der Waals surface area contributed by atoms with Crippen molar-refractivity contribution in [3.8, 4) is 0 Å². The van der Waals surface area contributed by atoms with Crippen LogP contribution in [-0.4, -0.2) is 68.4 Å². The lowest BCUT2D eigenvalue weighted by molar-refractivity contribution is -0.134. The average Bonchev–Trinajstić information content (AvgIpc) is 3.09. The molecule has 0 saturated carbocycles. The summed E-state index contributed by atoms with van der Waals surface area (Å²) in [7, 11) is -1.21. The standard InChI is InChI=1S/C19H27N3O4S/c1-13-3-5-14(6-4-13)18(23)21-15-11-17(20-12-15)19(24)22(2)16-7-9-27(25,26)10-8-16/h3-6,15-17,20H,7-12H2,1-2H3,(H,21,23)/t15-,17+/m1/s1. The van der Waals surface area contributed by atoms with Crippen molar-refractivity contribution >= 4 is 21.7 Å². The molecule has 1 aromatic carbocycles. The number of rotatable bonds is 4. The third kappa shape index (κ3) is 4.87. The molecule has 0 radical (unpaired) electrons. The number of nitrogens with one attached hydrogen (secondary N) is 2. The van der Waals surface area contributed by atoms with Crippen LogP contribution in [0.5, 0.6) is 0 Å². The van der Waals surface area contributed by atoms with Crippen molar-refractivity contribution in [1.82, 2.24) is 15.5 Å². The Morgan fingerprint density at radius 2 is 1.78 bits per heavy atom. The smallest absolute Gasteiger partial charge is 0.251 e. The highest BCUT2D eigenvalue weighted by atomic mass is 32.2. The summed E-state index contributed by atoms with van der Waals surface area (Å²) in [6.07, 6.45) is 1.52. The molecule has 7 nitrogen and oxygen atoms in total. The number of amides is 2. The molecule has 148 valence electrons. The van der Waals surface area contributed by atoms with Gasteiger partial charge in [-0.25, -0.2) is 8.42 Å². The van der Waals surface area contributed by atoms with Crippen molar-refractivity contribution in [3.05, 3.63) is 35.4 Å². The second-order valence-corrected chi connectivity index (χ2v) is 9.87. The van der Waals surface area contributed by atoms with Crippen LogP contribution in [0.3, 0.4) is 0 Å². The first-order valence-corrected chi connectivity index (χ1v) is 11.2. The summed E-state index contributed by atoms with van der Waals surface area (Å²) in [5, 5.41) is 6.16. The van der Waals surface area contributed by atoms with Crippen LogP contribution in [0.25, 0.3) is 0 Å². The van der Waals surface area contributed by atoms with Gasteiger partial charge >= 0.3 is 0 Å². The van der Waals surface area contributed by atoms with Crippen LogP contribution >= 0.6 is 0 Å². The second-order valence-electron chi connectivity index (χ2n) is 7.57. The molecule has 2 heterocycles. The lowest BCUT2D eigenvalue weighted by Gasteiger charge is -2.32. The van der Waals surface area contributed by atoms with Crippen LogP contribution in [0.15, 0.2) is 24.3 Å². The highest BCUT2D eigenvalue weighted by Crippen LogP contribution is 2.19. The molecular weight excluding hydrogens is 366 g/mol.